The van der Waals surface area contributed by atoms with Crippen molar-refractivity contribution < 1.29 is 14.3 Å². The molecule has 8 heteroatoms. The minimum absolute atomic E-state index is 0.307. The molecule has 1 aromatic carbocycles. The Bertz CT molecular complexity index is 762. The average Bonchev–Trinajstić information content (AvgIpc) is 2.67. The number of benzene rings is 1. The second-order valence-corrected chi connectivity index (χ2v) is 5.91. The Hall–Kier alpha value is -2.87. The van der Waals surface area contributed by atoms with E-state index in [4.69, 9.17) is 9.47 Å². The first-order chi connectivity index (χ1) is 12.7. The second kappa shape index (κ2) is 8.48. The van der Waals surface area contributed by atoms with Gasteiger partial charge in [0.1, 0.15) is 5.75 Å². The average molecular weight is 357 g/mol. The fourth-order valence-electron chi connectivity index (χ4n) is 2.70. The molecule has 0 spiro atoms. The van der Waals surface area contributed by atoms with Crippen LogP contribution in [0, 0.1) is 6.92 Å². The van der Waals surface area contributed by atoms with Crippen LogP contribution in [-0.2, 0) is 11.3 Å². The Morgan fingerprint density at radius 3 is 2.81 bits per heavy atom. The van der Waals surface area contributed by atoms with E-state index in [1.807, 2.05) is 25.1 Å². The number of hydrogen-bond acceptors (Lipinski definition) is 6. The molecule has 0 aliphatic carbocycles. The number of aromatic nitrogens is 2. The number of nitrogens with zero attached hydrogens (tertiary/aromatic N) is 3. The number of rotatable bonds is 5. The number of anilines is 2. The first kappa shape index (κ1) is 17.9. The number of carbonyl (C=O) groups is 1. The Morgan fingerprint density at radius 2 is 2.04 bits per heavy atom. The molecule has 26 heavy (non-hydrogen) atoms. The SMILES string of the molecule is COc1ccccc1NC(=O)NCc1cc(C)nc(N2CCOCC2)n1. The molecule has 1 aromatic heterocycles. The Kier molecular flexibility index (Phi) is 5.85. The maximum Gasteiger partial charge on any atom is 0.319 e. The first-order valence-electron chi connectivity index (χ1n) is 8.51. The van der Waals surface area contributed by atoms with Crippen molar-refractivity contribution in [1.29, 1.82) is 0 Å². The molecule has 2 aromatic rings. The van der Waals surface area contributed by atoms with Gasteiger partial charge in [0, 0.05) is 18.8 Å². The van der Waals surface area contributed by atoms with Crippen molar-refractivity contribution in [3.63, 3.8) is 0 Å². The summed E-state index contributed by atoms with van der Waals surface area (Å²) in [6, 6.07) is 8.80. The minimum Gasteiger partial charge on any atom is -0.495 e. The molecule has 138 valence electrons. The molecule has 1 saturated heterocycles. The molecule has 0 unspecified atom stereocenters. The van der Waals surface area contributed by atoms with Crippen LogP contribution in [0.2, 0.25) is 0 Å². The van der Waals surface area contributed by atoms with Gasteiger partial charge in [-0.1, -0.05) is 12.1 Å². The third-order valence-corrected chi connectivity index (χ3v) is 3.97. The molecule has 3 rings (SSSR count). The standard InChI is InChI=1S/C18H23N5O3/c1-13-11-14(21-17(20-13)23-7-9-26-10-8-23)12-19-18(24)22-15-5-3-4-6-16(15)25-2/h3-6,11H,7-10,12H2,1-2H3,(H2,19,22,24). The van der Waals surface area contributed by atoms with Gasteiger partial charge in [-0.05, 0) is 25.1 Å². The molecule has 1 aliphatic heterocycles. The van der Waals surface area contributed by atoms with E-state index < -0.39 is 0 Å². The number of hydrogen-bond donors (Lipinski definition) is 2. The second-order valence-electron chi connectivity index (χ2n) is 5.91. The van der Waals surface area contributed by atoms with Crippen LogP contribution in [0.15, 0.2) is 30.3 Å². The van der Waals surface area contributed by atoms with Crippen LogP contribution in [0.3, 0.4) is 0 Å². The van der Waals surface area contributed by atoms with Gasteiger partial charge in [-0.2, -0.15) is 0 Å². The van der Waals surface area contributed by atoms with Gasteiger partial charge in [-0.25, -0.2) is 14.8 Å². The van der Waals surface area contributed by atoms with E-state index in [0.29, 0.717) is 37.1 Å². The number of nitrogens with one attached hydrogen (secondary N) is 2. The molecule has 8 nitrogen and oxygen atoms in total. The van der Waals surface area contributed by atoms with Gasteiger partial charge in [0.15, 0.2) is 0 Å². The molecule has 0 radical (unpaired) electrons. The molecule has 0 saturated carbocycles. The van der Waals surface area contributed by atoms with Crippen molar-refractivity contribution in [2.75, 3.05) is 43.6 Å². The van der Waals surface area contributed by atoms with E-state index in [1.54, 1.807) is 19.2 Å². The molecule has 0 bridgehead atoms. The summed E-state index contributed by atoms with van der Waals surface area (Å²) in [5, 5.41) is 5.60. The fraction of sp³-hybridized carbons (Fsp3) is 0.389. The number of para-hydroxylation sites is 2. The van der Waals surface area contributed by atoms with E-state index in [9.17, 15) is 4.79 Å². The number of urea groups is 1. The van der Waals surface area contributed by atoms with Crippen LogP contribution in [0.4, 0.5) is 16.4 Å². The summed E-state index contributed by atoms with van der Waals surface area (Å²) in [6.45, 7) is 5.11. The van der Waals surface area contributed by atoms with Crippen LogP contribution >= 0.6 is 0 Å². The zero-order chi connectivity index (χ0) is 18.4. The van der Waals surface area contributed by atoms with Crippen molar-refractivity contribution in [3.05, 3.63) is 41.7 Å². The van der Waals surface area contributed by atoms with Crippen molar-refractivity contribution in [1.82, 2.24) is 15.3 Å². The normalized spacial score (nSPS) is 14.0. The third kappa shape index (κ3) is 4.60. The highest BCUT2D eigenvalue weighted by Crippen LogP contribution is 2.22. The monoisotopic (exact) mass is 357 g/mol. The van der Waals surface area contributed by atoms with Crippen LogP contribution in [0.1, 0.15) is 11.4 Å². The molecule has 2 N–H and O–H groups in total. The molecular formula is C18H23N5O3. The summed E-state index contributed by atoms with van der Waals surface area (Å²) in [5.74, 6) is 1.28. The van der Waals surface area contributed by atoms with E-state index in [0.717, 1.165) is 24.5 Å². The van der Waals surface area contributed by atoms with E-state index >= 15 is 0 Å². The Labute approximate surface area is 152 Å². The van der Waals surface area contributed by atoms with E-state index in [1.165, 1.54) is 0 Å². The lowest BCUT2D eigenvalue weighted by Gasteiger charge is -2.27. The van der Waals surface area contributed by atoms with Crippen LogP contribution in [0.25, 0.3) is 0 Å². The number of carbonyl (C=O) groups excluding carboxylic acids is 1. The molecule has 1 fully saturated rings. The lowest BCUT2D eigenvalue weighted by molar-refractivity contribution is 0.122. The summed E-state index contributed by atoms with van der Waals surface area (Å²) >= 11 is 0. The zero-order valence-corrected chi connectivity index (χ0v) is 15.0. The quantitative estimate of drug-likeness (QED) is 0.850. The smallest absolute Gasteiger partial charge is 0.319 e. The van der Waals surface area contributed by atoms with Gasteiger partial charge in [0.2, 0.25) is 5.95 Å². The molecule has 0 atom stereocenters. The summed E-state index contributed by atoms with van der Waals surface area (Å²) in [5.41, 5.74) is 2.23. The van der Waals surface area contributed by atoms with Gasteiger partial charge < -0.3 is 25.0 Å². The largest absolute Gasteiger partial charge is 0.495 e. The topological polar surface area (TPSA) is 88.6 Å². The summed E-state index contributed by atoms with van der Waals surface area (Å²) in [7, 11) is 1.56. The van der Waals surface area contributed by atoms with Crippen molar-refractivity contribution in [3.8, 4) is 5.75 Å². The highest BCUT2D eigenvalue weighted by atomic mass is 16.5. The molecule has 2 amide bonds. The fourth-order valence-corrected chi connectivity index (χ4v) is 2.70. The van der Waals surface area contributed by atoms with Crippen molar-refractivity contribution in [2.24, 2.45) is 0 Å². The lowest BCUT2D eigenvalue weighted by atomic mass is 10.3. The number of morpholine rings is 1. The summed E-state index contributed by atoms with van der Waals surface area (Å²) < 4.78 is 10.6. The number of aryl methyl sites for hydroxylation is 1. The highest BCUT2D eigenvalue weighted by molar-refractivity contribution is 5.90. The molecule has 2 heterocycles. The highest BCUT2D eigenvalue weighted by Gasteiger charge is 2.15. The Morgan fingerprint density at radius 1 is 1.27 bits per heavy atom. The predicted molar refractivity (Wildman–Crippen MR) is 98.7 cm³/mol. The number of methoxy groups -OCH3 is 1. The molecular weight excluding hydrogens is 334 g/mol. The first-order valence-corrected chi connectivity index (χ1v) is 8.51. The van der Waals surface area contributed by atoms with Gasteiger partial charge in [-0.15, -0.1) is 0 Å². The Balaban J connectivity index is 1.62. The van der Waals surface area contributed by atoms with Gasteiger partial charge in [0.25, 0.3) is 0 Å². The van der Waals surface area contributed by atoms with Gasteiger partial charge >= 0.3 is 6.03 Å². The van der Waals surface area contributed by atoms with Crippen LogP contribution < -0.4 is 20.3 Å². The van der Waals surface area contributed by atoms with Gasteiger partial charge in [0.05, 0.1) is 38.2 Å². The van der Waals surface area contributed by atoms with Crippen LogP contribution in [0.5, 0.6) is 5.75 Å². The lowest BCUT2D eigenvalue weighted by Crippen LogP contribution is -2.37. The van der Waals surface area contributed by atoms with Crippen molar-refractivity contribution in [2.45, 2.75) is 13.5 Å². The maximum absolute atomic E-state index is 12.2. The summed E-state index contributed by atoms with van der Waals surface area (Å²) in [6.07, 6.45) is 0. The number of ether oxygens (including phenoxy) is 2. The third-order valence-electron chi connectivity index (χ3n) is 3.97. The predicted octanol–water partition coefficient (Wildman–Crippen LogP) is 1.95. The number of amides is 2. The van der Waals surface area contributed by atoms with E-state index in [2.05, 4.69) is 25.5 Å². The summed E-state index contributed by atoms with van der Waals surface area (Å²) in [4.78, 5) is 23.3. The van der Waals surface area contributed by atoms with Crippen LogP contribution in [-0.4, -0.2) is 49.4 Å². The van der Waals surface area contributed by atoms with Crippen molar-refractivity contribution >= 4 is 17.7 Å². The van der Waals surface area contributed by atoms with E-state index in [-0.39, 0.29) is 6.03 Å². The molecule has 1 aliphatic rings. The van der Waals surface area contributed by atoms with Gasteiger partial charge in [-0.3, -0.25) is 0 Å². The maximum atomic E-state index is 12.2. The zero-order valence-electron chi connectivity index (χ0n) is 15.0. The minimum atomic E-state index is -0.321.